The van der Waals surface area contributed by atoms with Crippen LogP contribution in [0.4, 0.5) is 0 Å². The van der Waals surface area contributed by atoms with Gasteiger partial charge in [-0.25, -0.2) is 0 Å². The van der Waals surface area contributed by atoms with Crippen molar-refractivity contribution in [2.75, 3.05) is 27.8 Å². The van der Waals surface area contributed by atoms with Crippen LogP contribution in [-0.4, -0.2) is 50.0 Å². The van der Waals surface area contributed by atoms with Crippen molar-refractivity contribution in [3.8, 4) is 11.5 Å². The number of hydrogen-bond acceptors (Lipinski definition) is 4. The third-order valence-corrected chi connectivity index (χ3v) is 6.51. The molecule has 0 radical (unpaired) electrons. The molecule has 0 unspecified atom stereocenters. The molecule has 0 aromatic heterocycles. The van der Waals surface area contributed by atoms with E-state index in [4.69, 9.17) is 9.47 Å². The van der Waals surface area contributed by atoms with Gasteiger partial charge < -0.3 is 19.5 Å². The molecule has 120 valence electrons. The van der Waals surface area contributed by atoms with Crippen molar-refractivity contribution in [1.82, 2.24) is 4.90 Å². The van der Waals surface area contributed by atoms with Crippen molar-refractivity contribution in [2.45, 2.75) is 36.8 Å². The monoisotopic (exact) mass is 303 g/mol. The Morgan fingerprint density at radius 2 is 1.95 bits per heavy atom. The molecule has 2 aliphatic carbocycles. The van der Waals surface area contributed by atoms with Gasteiger partial charge in [0.25, 0.3) is 0 Å². The minimum absolute atomic E-state index is 0.121. The first-order chi connectivity index (χ1) is 10.6. The van der Waals surface area contributed by atoms with Crippen LogP contribution in [-0.2, 0) is 5.41 Å². The van der Waals surface area contributed by atoms with Crippen LogP contribution in [0, 0.1) is 11.8 Å². The lowest BCUT2D eigenvalue weighted by Gasteiger charge is -2.43. The molecule has 1 aromatic carbocycles. The second kappa shape index (κ2) is 4.87. The van der Waals surface area contributed by atoms with Crippen LogP contribution in [0.3, 0.4) is 0 Å². The van der Waals surface area contributed by atoms with Gasteiger partial charge in [-0.3, -0.25) is 0 Å². The summed E-state index contributed by atoms with van der Waals surface area (Å²) in [5, 5.41) is 10.4. The molecule has 4 nitrogen and oxygen atoms in total. The summed E-state index contributed by atoms with van der Waals surface area (Å²) in [6.07, 6.45) is 3.16. The highest BCUT2D eigenvalue weighted by molar-refractivity contribution is 5.48. The number of aliphatic hydroxyl groups is 1. The predicted molar refractivity (Wildman–Crippen MR) is 84.5 cm³/mol. The molecule has 1 saturated heterocycles. The SMILES string of the molecule is COc1ccc([C@]23CCN(C)[C@H]2[C@@H]2C[C@H]3C[C@@H]2O)cc1OC. The Bertz CT molecular complexity index is 590. The summed E-state index contributed by atoms with van der Waals surface area (Å²) < 4.78 is 10.9. The number of fused-ring (bicyclic) bond motifs is 5. The Labute approximate surface area is 132 Å². The number of likely N-dealkylation sites (N-methyl/N-ethyl adjacent to an activating group) is 1. The fraction of sp³-hybridized carbons (Fsp3) is 0.667. The van der Waals surface area contributed by atoms with Gasteiger partial charge in [0.2, 0.25) is 0 Å². The average Bonchev–Trinajstić information content (AvgIpc) is 3.17. The molecule has 22 heavy (non-hydrogen) atoms. The first-order valence-corrected chi connectivity index (χ1v) is 8.22. The van der Waals surface area contributed by atoms with E-state index in [0.717, 1.165) is 30.9 Å². The number of nitrogens with zero attached hydrogens (tertiary/aromatic N) is 1. The van der Waals surface area contributed by atoms with E-state index < -0.39 is 0 Å². The molecule has 0 amide bonds. The molecule has 2 saturated carbocycles. The molecule has 2 bridgehead atoms. The van der Waals surface area contributed by atoms with Crippen LogP contribution in [0.15, 0.2) is 18.2 Å². The lowest BCUT2D eigenvalue weighted by Crippen LogP contribution is -2.49. The molecule has 1 aromatic rings. The molecule has 4 heteroatoms. The number of likely N-dealkylation sites (tertiary alicyclic amines) is 1. The third-order valence-electron chi connectivity index (χ3n) is 6.51. The van der Waals surface area contributed by atoms with Crippen LogP contribution in [0.1, 0.15) is 24.8 Å². The molecule has 1 N–H and O–H groups in total. The zero-order chi connectivity index (χ0) is 15.5. The van der Waals surface area contributed by atoms with Gasteiger partial charge >= 0.3 is 0 Å². The quantitative estimate of drug-likeness (QED) is 0.928. The van der Waals surface area contributed by atoms with Crippen LogP contribution in [0.5, 0.6) is 11.5 Å². The van der Waals surface area contributed by atoms with Gasteiger partial charge in [-0.15, -0.1) is 0 Å². The number of methoxy groups -OCH3 is 2. The molecule has 1 aliphatic heterocycles. The molecular weight excluding hydrogens is 278 g/mol. The van der Waals surface area contributed by atoms with Gasteiger partial charge in [0.1, 0.15) is 0 Å². The Hall–Kier alpha value is -1.26. The molecule has 3 aliphatic rings. The van der Waals surface area contributed by atoms with Gasteiger partial charge in [-0.1, -0.05) is 6.07 Å². The molecule has 0 spiro atoms. The highest BCUT2D eigenvalue weighted by Gasteiger charge is 2.65. The average molecular weight is 303 g/mol. The molecule has 4 rings (SSSR count). The van der Waals surface area contributed by atoms with Crippen molar-refractivity contribution in [3.05, 3.63) is 23.8 Å². The van der Waals surface area contributed by atoms with Gasteiger partial charge in [-0.2, -0.15) is 0 Å². The van der Waals surface area contributed by atoms with Crippen molar-refractivity contribution >= 4 is 0 Å². The zero-order valence-corrected chi connectivity index (χ0v) is 13.6. The second-order valence-electron chi connectivity index (χ2n) is 7.19. The maximum absolute atomic E-state index is 10.4. The fourth-order valence-corrected chi connectivity index (χ4v) is 5.68. The van der Waals surface area contributed by atoms with Gasteiger partial charge in [0.15, 0.2) is 11.5 Å². The van der Waals surface area contributed by atoms with Crippen molar-refractivity contribution in [2.24, 2.45) is 11.8 Å². The van der Waals surface area contributed by atoms with E-state index in [1.807, 2.05) is 6.07 Å². The van der Waals surface area contributed by atoms with Crippen LogP contribution in [0.2, 0.25) is 0 Å². The molecule has 3 fully saturated rings. The van der Waals surface area contributed by atoms with Crippen LogP contribution < -0.4 is 9.47 Å². The molecule has 1 heterocycles. The van der Waals surface area contributed by atoms with E-state index in [-0.39, 0.29) is 11.5 Å². The molecular formula is C18H25NO3. The summed E-state index contributed by atoms with van der Waals surface area (Å²) in [5.74, 6) is 2.60. The van der Waals surface area contributed by atoms with Crippen molar-refractivity contribution in [1.29, 1.82) is 0 Å². The first kappa shape index (κ1) is 14.3. The van der Waals surface area contributed by atoms with Gasteiger partial charge in [-0.05, 0) is 56.5 Å². The summed E-state index contributed by atoms with van der Waals surface area (Å²) in [7, 11) is 5.58. The maximum atomic E-state index is 10.4. The Morgan fingerprint density at radius 1 is 1.18 bits per heavy atom. The zero-order valence-electron chi connectivity index (χ0n) is 13.6. The minimum Gasteiger partial charge on any atom is -0.493 e. The number of benzene rings is 1. The third kappa shape index (κ3) is 1.65. The maximum Gasteiger partial charge on any atom is 0.161 e. The smallest absolute Gasteiger partial charge is 0.161 e. The predicted octanol–water partition coefficient (Wildman–Crippen LogP) is 2.05. The minimum atomic E-state index is -0.121. The highest BCUT2D eigenvalue weighted by Crippen LogP contribution is 2.63. The largest absolute Gasteiger partial charge is 0.493 e. The summed E-state index contributed by atoms with van der Waals surface area (Å²) in [5.41, 5.74) is 1.54. The Morgan fingerprint density at radius 3 is 2.68 bits per heavy atom. The number of aliphatic hydroxyl groups excluding tert-OH is 1. The van der Waals surface area contributed by atoms with E-state index in [9.17, 15) is 5.11 Å². The van der Waals surface area contributed by atoms with Crippen molar-refractivity contribution < 1.29 is 14.6 Å². The first-order valence-electron chi connectivity index (χ1n) is 8.22. The van der Waals surface area contributed by atoms with E-state index >= 15 is 0 Å². The van der Waals surface area contributed by atoms with Crippen LogP contribution >= 0.6 is 0 Å². The Balaban J connectivity index is 1.81. The normalized spacial score (nSPS) is 40.0. The molecule has 5 atom stereocenters. The highest BCUT2D eigenvalue weighted by atomic mass is 16.5. The standard InChI is InChI=1S/C18H25NO3/c1-19-7-6-18(12-8-13(17(18)19)14(20)9-12)11-4-5-15(21-2)16(10-11)22-3/h4-5,10,12-14,17,20H,6-9H2,1-3H3/t12-,13+,14-,17-,18-/m0/s1. The summed E-state index contributed by atoms with van der Waals surface area (Å²) >= 11 is 0. The summed E-state index contributed by atoms with van der Waals surface area (Å²) in [4.78, 5) is 2.46. The summed E-state index contributed by atoms with van der Waals surface area (Å²) in [6.45, 7) is 1.11. The van der Waals surface area contributed by atoms with Gasteiger partial charge in [0, 0.05) is 17.4 Å². The number of hydrogen-bond donors (Lipinski definition) is 1. The van der Waals surface area contributed by atoms with E-state index in [2.05, 4.69) is 24.1 Å². The summed E-state index contributed by atoms with van der Waals surface area (Å²) in [6, 6.07) is 6.86. The number of rotatable bonds is 3. The van der Waals surface area contributed by atoms with E-state index in [0.29, 0.717) is 17.9 Å². The topological polar surface area (TPSA) is 41.9 Å². The van der Waals surface area contributed by atoms with E-state index in [1.54, 1.807) is 14.2 Å². The second-order valence-corrected chi connectivity index (χ2v) is 7.19. The van der Waals surface area contributed by atoms with Crippen LogP contribution in [0.25, 0.3) is 0 Å². The Kier molecular flexibility index (Phi) is 3.17. The van der Waals surface area contributed by atoms with E-state index in [1.165, 1.54) is 12.0 Å². The van der Waals surface area contributed by atoms with Gasteiger partial charge in [0.05, 0.1) is 20.3 Å². The fourth-order valence-electron chi connectivity index (χ4n) is 5.68. The van der Waals surface area contributed by atoms with Crippen molar-refractivity contribution in [3.63, 3.8) is 0 Å². The lowest BCUT2D eigenvalue weighted by molar-refractivity contribution is 0.0417. The number of ether oxygens (including phenoxy) is 2. The lowest BCUT2D eigenvalue weighted by atomic mass is 9.65.